The van der Waals surface area contributed by atoms with Crippen LogP contribution in [-0.2, 0) is 4.79 Å². The molecule has 0 atom stereocenters. The van der Waals surface area contributed by atoms with Gasteiger partial charge in [-0.2, -0.15) is 5.10 Å². The normalized spacial score (nSPS) is 10.6. The summed E-state index contributed by atoms with van der Waals surface area (Å²) in [5.74, 6) is -0.711. The van der Waals surface area contributed by atoms with Crippen molar-refractivity contribution in [3.05, 3.63) is 54.0 Å². The Balaban J connectivity index is 1.78. The quantitative estimate of drug-likeness (QED) is 0.567. The molecule has 0 saturated carbocycles. The van der Waals surface area contributed by atoms with E-state index in [4.69, 9.17) is 4.42 Å². The molecule has 7 nitrogen and oxygen atoms in total. The molecule has 25 heavy (non-hydrogen) atoms. The Morgan fingerprint density at radius 2 is 1.88 bits per heavy atom. The Morgan fingerprint density at radius 1 is 1.16 bits per heavy atom. The lowest BCUT2D eigenvalue weighted by molar-refractivity contribution is -0.120. The summed E-state index contributed by atoms with van der Waals surface area (Å²) < 4.78 is 4.93. The Labute approximate surface area is 146 Å². The van der Waals surface area contributed by atoms with Crippen LogP contribution >= 0.6 is 0 Å². The summed E-state index contributed by atoms with van der Waals surface area (Å²) in [5, 5.41) is 6.33. The van der Waals surface area contributed by atoms with Crippen molar-refractivity contribution >= 4 is 23.7 Å². The van der Waals surface area contributed by atoms with Gasteiger partial charge in [0.05, 0.1) is 19.0 Å². The van der Waals surface area contributed by atoms with E-state index in [2.05, 4.69) is 34.6 Å². The summed E-state index contributed by atoms with van der Waals surface area (Å²) in [6.07, 6.45) is 2.95. The Kier molecular flexibility index (Phi) is 6.76. The van der Waals surface area contributed by atoms with Crippen molar-refractivity contribution in [2.45, 2.75) is 13.8 Å². The van der Waals surface area contributed by atoms with Crippen LogP contribution in [0.4, 0.5) is 5.69 Å². The van der Waals surface area contributed by atoms with E-state index in [9.17, 15) is 9.59 Å². The van der Waals surface area contributed by atoms with Gasteiger partial charge in [0.2, 0.25) is 0 Å². The number of furan rings is 1. The number of anilines is 1. The molecule has 0 unspecified atom stereocenters. The number of benzene rings is 1. The van der Waals surface area contributed by atoms with E-state index in [1.165, 1.54) is 12.3 Å². The number of amides is 2. The molecule has 1 aromatic carbocycles. The Bertz CT molecular complexity index is 704. The second-order valence-corrected chi connectivity index (χ2v) is 5.22. The smallest absolute Gasteiger partial charge is 0.287 e. The van der Waals surface area contributed by atoms with Gasteiger partial charge in [0.15, 0.2) is 5.76 Å². The van der Waals surface area contributed by atoms with Crippen molar-refractivity contribution in [2.24, 2.45) is 5.10 Å². The lowest BCUT2D eigenvalue weighted by Crippen LogP contribution is -2.34. The molecular formula is C18H22N4O3. The van der Waals surface area contributed by atoms with Crippen LogP contribution in [0.3, 0.4) is 0 Å². The fourth-order valence-corrected chi connectivity index (χ4v) is 2.23. The number of hydrogen-bond acceptors (Lipinski definition) is 5. The van der Waals surface area contributed by atoms with Gasteiger partial charge in [-0.1, -0.05) is 12.1 Å². The van der Waals surface area contributed by atoms with Crippen LogP contribution < -0.4 is 15.6 Å². The molecule has 0 fully saturated rings. The number of carbonyl (C=O) groups excluding carboxylic acids is 2. The molecule has 0 saturated heterocycles. The van der Waals surface area contributed by atoms with E-state index in [1.54, 1.807) is 12.3 Å². The van der Waals surface area contributed by atoms with Gasteiger partial charge in [0.1, 0.15) is 0 Å². The predicted molar refractivity (Wildman–Crippen MR) is 96.8 cm³/mol. The highest BCUT2D eigenvalue weighted by Crippen LogP contribution is 2.13. The van der Waals surface area contributed by atoms with Crippen LogP contribution in [0.25, 0.3) is 0 Å². The van der Waals surface area contributed by atoms with Crippen LogP contribution in [0.5, 0.6) is 0 Å². The minimum atomic E-state index is -0.448. The van der Waals surface area contributed by atoms with Gasteiger partial charge in [-0.15, -0.1) is 0 Å². The predicted octanol–water partition coefficient (Wildman–Crippen LogP) is 2.01. The average molecular weight is 342 g/mol. The maximum Gasteiger partial charge on any atom is 0.287 e. The van der Waals surface area contributed by atoms with Gasteiger partial charge in [-0.25, -0.2) is 5.43 Å². The fourth-order valence-electron chi connectivity index (χ4n) is 2.23. The zero-order valence-electron chi connectivity index (χ0n) is 14.4. The van der Waals surface area contributed by atoms with Gasteiger partial charge in [0.25, 0.3) is 11.8 Å². The molecule has 0 radical (unpaired) electrons. The van der Waals surface area contributed by atoms with Crippen molar-refractivity contribution in [1.82, 2.24) is 10.7 Å². The monoisotopic (exact) mass is 342 g/mol. The maximum atomic E-state index is 11.7. The van der Waals surface area contributed by atoms with Gasteiger partial charge >= 0.3 is 0 Å². The molecule has 132 valence electrons. The lowest BCUT2D eigenvalue weighted by Gasteiger charge is -2.20. The Hall–Kier alpha value is -3.09. The number of nitrogens with one attached hydrogen (secondary N) is 2. The lowest BCUT2D eigenvalue weighted by atomic mass is 10.2. The first kappa shape index (κ1) is 18.3. The number of hydrazone groups is 1. The summed E-state index contributed by atoms with van der Waals surface area (Å²) >= 11 is 0. The highest BCUT2D eigenvalue weighted by atomic mass is 16.3. The topological polar surface area (TPSA) is 86.9 Å². The third-order valence-electron chi connectivity index (χ3n) is 3.58. The molecule has 0 aliphatic heterocycles. The van der Waals surface area contributed by atoms with Crippen molar-refractivity contribution < 1.29 is 14.0 Å². The first-order valence-electron chi connectivity index (χ1n) is 8.12. The summed E-state index contributed by atoms with van der Waals surface area (Å²) in [4.78, 5) is 25.5. The zero-order chi connectivity index (χ0) is 18.1. The molecular weight excluding hydrogens is 320 g/mol. The molecule has 2 amide bonds. The number of rotatable bonds is 8. The molecule has 7 heteroatoms. The van der Waals surface area contributed by atoms with Gasteiger partial charge in [-0.3, -0.25) is 9.59 Å². The van der Waals surface area contributed by atoms with Crippen LogP contribution in [0, 0.1) is 0 Å². The van der Waals surface area contributed by atoms with E-state index in [0.29, 0.717) is 0 Å². The molecule has 0 aliphatic carbocycles. The summed E-state index contributed by atoms with van der Waals surface area (Å²) in [6, 6.07) is 11.0. The van der Waals surface area contributed by atoms with Crippen LogP contribution in [0.1, 0.15) is 30.0 Å². The maximum absolute atomic E-state index is 11.7. The van der Waals surface area contributed by atoms with Gasteiger partial charge in [-0.05, 0) is 43.7 Å². The summed E-state index contributed by atoms with van der Waals surface area (Å²) in [5.41, 5.74) is 4.38. The van der Waals surface area contributed by atoms with Crippen molar-refractivity contribution in [3.8, 4) is 0 Å². The second-order valence-electron chi connectivity index (χ2n) is 5.22. The number of nitrogens with zero attached hydrogens (tertiary/aromatic N) is 2. The van der Waals surface area contributed by atoms with Crippen molar-refractivity contribution in [3.63, 3.8) is 0 Å². The molecule has 1 aromatic heterocycles. The molecule has 2 N–H and O–H groups in total. The minimum Gasteiger partial charge on any atom is -0.459 e. The molecule has 0 bridgehead atoms. The minimum absolute atomic E-state index is 0.157. The molecule has 2 rings (SSSR count). The van der Waals surface area contributed by atoms with Gasteiger partial charge in [0, 0.05) is 18.8 Å². The van der Waals surface area contributed by atoms with E-state index in [0.717, 1.165) is 24.3 Å². The zero-order valence-corrected chi connectivity index (χ0v) is 14.4. The summed E-state index contributed by atoms with van der Waals surface area (Å²) in [7, 11) is 0. The average Bonchev–Trinajstić information content (AvgIpc) is 3.17. The van der Waals surface area contributed by atoms with Crippen LogP contribution in [-0.4, -0.2) is 37.7 Å². The SMILES string of the molecule is CCN(CC)c1ccc(/C=N\NC(=O)CNC(=O)c2ccco2)cc1. The van der Waals surface area contributed by atoms with E-state index in [1.807, 2.05) is 24.3 Å². The van der Waals surface area contributed by atoms with E-state index in [-0.39, 0.29) is 12.3 Å². The summed E-state index contributed by atoms with van der Waals surface area (Å²) in [6.45, 7) is 5.93. The first-order chi connectivity index (χ1) is 12.1. The standard InChI is InChI=1S/C18H22N4O3/c1-3-22(4-2)15-9-7-14(8-10-15)12-20-21-17(23)13-19-18(24)16-6-5-11-25-16/h5-12H,3-4,13H2,1-2H3,(H,19,24)(H,21,23)/b20-12-. The largest absolute Gasteiger partial charge is 0.459 e. The Morgan fingerprint density at radius 3 is 2.48 bits per heavy atom. The molecule has 0 aliphatic rings. The third kappa shape index (κ3) is 5.49. The second kappa shape index (κ2) is 9.27. The highest BCUT2D eigenvalue weighted by molar-refractivity contribution is 5.94. The molecule has 1 heterocycles. The fraction of sp³-hybridized carbons (Fsp3) is 0.278. The van der Waals surface area contributed by atoms with Crippen molar-refractivity contribution in [2.75, 3.05) is 24.5 Å². The van der Waals surface area contributed by atoms with E-state index >= 15 is 0 Å². The molecule has 0 spiro atoms. The number of hydrogen-bond donors (Lipinski definition) is 2. The van der Waals surface area contributed by atoms with Crippen LogP contribution in [0.2, 0.25) is 0 Å². The van der Waals surface area contributed by atoms with Gasteiger partial charge < -0.3 is 14.6 Å². The number of carbonyl (C=O) groups is 2. The first-order valence-corrected chi connectivity index (χ1v) is 8.12. The third-order valence-corrected chi connectivity index (χ3v) is 3.58. The highest BCUT2D eigenvalue weighted by Gasteiger charge is 2.09. The van der Waals surface area contributed by atoms with Crippen LogP contribution in [0.15, 0.2) is 52.2 Å². The molecule has 2 aromatic rings. The van der Waals surface area contributed by atoms with Crippen molar-refractivity contribution in [1.29, 1.82) is 0 Å². The van der Waals surface area contributed by atoms with E-state index < -0.39 is 11.8 Å².